The number of aryl methyl sites for hydroxylation is 1. The molecule has 4 N–H and O–H groups in total. The number of rotatable bonds is 8. The average molecular weight is 422 g/mol. The summed E-state index contributed by atoms with van der Waals surface area (Å²) in [6, 6.07) is 14.8. The topological polar surface area (TPSA) is 115 Å². The van der Waals surface area contributed by atoms with Gasteiger partial charge in [-0.05, 0) is 23.6 Å². The van der Waals surface area contributed by atoms with Crippen molar-refractivity contribution < 1.29 is 19.1 Å². The van der Waals surface area contributed by atoms with Gasteiger partial charge in [-0.3, -0.25) is 9.59 Å². The van der Waals surface area contributed by atoms with Gasteiger partial charge >= 0.3 is 5.97 Å². The number of carbonyl (C=O) groups is 3. The van der Waals surface area contributed by atoms with Gasteiger partial charge in [0.05, 0.1) is 19.7 Å². The van der Waals surface area contributed by atoms with E-state index >= 15 is 0 Å². The highest BCUT2D eigenvalue weighted by atomic mass is 16.5. The number of nitrogens with one attached hydrogen (secondary N) is 2. The van der Waals surface area contributed by atoms with Crippen molar-refractivity contribution in [2.45, 2.75) is 18.5 Å². The fraction of sp³-hybridized carbons (Fsp3) is 0.261. The van der Waals surface area contributed by atoms with Gasteiger partial charge in [-0.15, -0.1) is 0 Å². The van der Waals surface area contributed by atoms with Crippen molar-refractivity contribution in [2.75, 3.05) is 13.7 Å². The summed E-state index contributed by atoms with van der Waals surface area (Å²) in [5.41, 5.74) is 8.67. The van der Waals surface area contributed by atoms with E-state index in [9.17, 15) is 14.4 Å². The lowest BCUT2D eigenvalue weighted by atomic mass is 10.1. The van der Waals surface area contributed by atoms with Crippen LogP contribution in [0.2, 0.25) is 0 Å². The number of fused-ring (bicyclic) bond motifs is 1. The molecule has 0 saturated carbocycles. The van der Waals surface area contributed by atoms with E-state index in [1.165, 1.54) is 7.11 Å². The number of ether oxygens (including phenoxy) is 1. The van der Waals surface area contributed by atoms with Crippen LogP contribution in [0.15, 0.2) is 60.8 Å². The number of carbonyl (C=O) groups excluding carboxylic acids is 3. The normalized spacial score (nSPS) is 12.7. The molecule has 0 radical (unpaired) electrons. The molecule has 0 bridgehead atoms. The van der Waals surface area contributed by atoms with E-state index in [2.05, 4.69) is 10.6 Å². The van der Waals surface area contributed by atoms with Crippen molar-refractivity contribution >= 4 is 28.7 Å². The van der Waals surface area contributed by atoms with Crippen LogP contribution >= 0.6 is 0 Å². The molecule has 0 saturated heterocycles. The summed E-state index contributed by atoms with van der Waals surface area (Å²) in [7, 11) is 3.19. The number of amides is 2. The molecule has 0 aliphatic rings. The zero-order valence-electron chi connectivity index (χ0n) is 17.5. The lowest BCUT2D eigenvalue weighted by Gasteiger charge is -2.17. The van der Waals surface area contributed by atoms with E-state index in [1.54, 1.807) is 30.3 Å². The van der Waals surface area contributed by atoms with Gasteiger partial charge in [-0.2, -0.15) is 0 Å². The van der Waals surface area contributed by atoms with Crippen LogP contribution in [0.1, 0.15) is 17.2 Å². The first-order valence-electron chi connectivity index (χ1n) is 9.89. The Morgan fingerprint density at radius 3 is 2.45 bits per heavy atom. The Morgan fingerprint density at radius 2 is 1.74 bits per heavy atom. The highest BCUT2D eigenvalue weighted by Gasteiger charge is 2.24. The minimum atomic E-state index is -0.958. The molecule has 0 aliphatic heterocycles. The van der Waals surface area contributed by atoms with Gasteiger partial charge in [-0.1, -0.05) is 48.5 Å². The molecule has 2 amide bonds. The van der Waals surface area contributed by atoms with Crippen LogP contribution in [0.5, 0.6) is 0 Å². The van der Waals surface area contributed by atoms with E-state index < -0.39 is 29.9 Å². The Morgan fingerprint density at radius 1 is 1.06 bits per heavy atom. The molecule has 1 aromatic heterocycles. The molecule has 162 valence electrons. The monoisotopic (exact) mass is 422 g/mol. The Hall–Kier alpha value is -3.65. The SMILES string of the molecule is COC(=O)[C@H](NC(=O)CNC(=O)[C@@H](N)Cc1cn(C)c2ccccc12)c1ccccc1. The second-order valence-electron chi connectivity index (χ2n) is 7.25. The number of hydrogen-bond acceptors (Lipinski definition) is 5. The summed E-state index contributed by atoms with van der Waals surface area (Å²) < 4.78 is 6.76. The molecule has 3 rings (SSSR count). The van der Waals surface area contributed by atoms with Gasteiger partial charge in [0.15, 0.2) is 6.04 Å². The highest BCUT2D eigenvalue weighted by Crippen LogP contribution is 2.21. The molecule has 3 aromatic rings. The lowest BCUT2D eigenvalue weighted by Crippen LogP contribution is -2.47. The Kier molecular flexibility index (Phi) is 7.04. The summed E-state index contributed by atoms with van der Waals surface area (Å²) in [5, 5.41) is 6.16. The maximum Gasteiger partial charge on any atom is 0.333 e. The quantitative estimate of drug-likeness (QED) is 0.472. The van der Waals surface area contributed by atoms with Crippen LogP contribution in [-0.2, 0) is 32.6 Å². The van der Waals surface area contributed by atoms with Crippen LogP contribution in [0.4, 0.5) is 0 Å². The smallest absolute Gasteiger partial charge is 0.333 e. The van der Waals surface area contributed by atoms with Crippen LogP contribution in [0.25, 0.3) is 10.9 Å². The first-order valence-corrected chi connectivity index (χ1v) is 9.89. The van der Waals surface area contributed by atoms with Crippen molar-refractivity contribution in [1.82, 2.24) is 15.2 Å². The number of esters is 1. The zero-order chi connectivity index (χ0) is 22.4. The van der Waals surface area contributed by atoms with Gasteiger partial charge in [0.25, 0.3) is 0 Å². The third-order valence-electron chi connectivity index (χ3n) is 5.05. The van der Waals surface area contributed by atoms with Crippen LogP contribution in [0, 0.1) is 0 Å². The molecule has 0 spiro atoms. The molecule has 0 fully saturated rings. The van der Waals surface area contributed by atoms with E-state index in [0.29, 0.717) is 12.0 Å². The minimum Gasteiger partial charge on any atom is -0.467 e. The molecule has 31 heavy (non-hydrogen) atoms. The number of para-hydroxylation sites is 1. The van der Waals surface area contributed by atoms with Gasteiger partial charge in [-0.25, -0.2) is 4.79 Å². The molecule has 0 aliphatic carbocycles. The first-order chi connectivity index (χ1) is 14.9. The number of nitrogens with two attached hydrogens (primary N) is 1. The predicted octanol–water partition coefficient (Wildman–Crippen LogP) is 1.19. The molecule has 8 heteroatoms. The number of hydrogen-bond donors (Lipinski definition) is 3. The van der Waals surface area contributed by atoms with Gasteiger partial charge in [0, 0.05) is 24.1 Å². The van der Waals surface area contributed by atoms with Crippen molar-refractivity contribution in [2.24, 2.45) is 12.8 Å². The summed E-state index contributed by atoms with van der Waals surface area (Å²) in [6.07, 6.45) is 2.29. The van der Waals surface area contributed by atoms with Crippen molar-refractivity contribution in [3.63, 3.8) is 0 Å². The van der Waals surface area contributed by atoms with Crippen LogP contribution in [-0.4, -0.2) is 42.0 Å². The van der Waals surface area contributed by atoms with Crippen LogP contribution < -0.4 is 16.4 Å². The minimum absolute atomic E-state index is 0.303. The third kappa shape index (κ3) is 5.29. The largest absolute Gasteiger partial charge is 0.467 e. The van der Waals surface area contributed by atoms with E-state index in [4.69, 9.17) is 10.5 Å². The number of methoxy groups -OCH3 is 1. The average Bonchev–Trinajstić information content (AvgIpc) is 3.11. The van der Waals surface area contributed by atoms with Gasteiger partial charge in [0.2, 0.25) is 11.8 Å². The second kappa shape index (κ2) is 9.90. The fourth-order valence-corrected chi connectivity index (χ4v) is 3.47. The van der Waals surface area contributed by atoms with Gasteiger partial charge in [0.1, 0.15) is 0 Å². The Balaban J connectivity index is 1.57. The molecule has 2 atom stereocenters. The van der Waals surface area contributed by atoms with E-state index in [0.717, 1.165) is 16.5 Å². The molecular formula is C23H26N4O4. The summed E-state index contributed by atoms with van der Waals surface area (Å²) in [6.45, 7) is -0.303. The standard InChI is InChI=1S/C23H26N4O4/c1-27-14-16(17-10-6-7-11-19(17)27)12-18(24)22(29)25-13-20(28)26-21(23(30)31-2)15-8-4-3-5-9-15/h3-11,14,18,21H,12-13,24H2,1-2H3,(H,25,29)(H,26,28)/t18-,21+/m0/s1. The van der Waals surface area contributed by atoms with Crippen molar-refractivity contribution in [3.05, 3.63) is 71.9 Å². The molecule has 2 aromatic carbocycles. The van der Waals surface area contributed by atoms with Crippen molar-refractivity contribution in [3.8, 4) is 0 Å². The third-order valence-corrected chi connectivity index (χ3v) is 5.05. The summed E-state index contributed by atoms with van der Waals surface area (Å²) in [4.78, 5) is 36.8. The summed E-state index contributed by atoms with van der Waals surface area (Å²) in [5.74, 6) is -1.57. The number of benzene rings is 2. The van der Waals surface area contributed by atoms with E-state index in [-0.39, 0.29) is 6.54 Å². The highest BCUT2D eigenvalue weighted by molar-refractivity contribution is 5.91. The lowest BCUT2D eigenvalue weighted by molar-refractivity contribution is -0.145. The Labute approximate surface area is 180 Å². The summed E-state index contributed by atoms with van der Waals surface area (Å²) >= 11 is 0. The molecule has 1 heterocycles. The predicted molar refractivity (Wildman–Crippen MR) is 117 cm³/mol. The van der Waals surface area contributed by atoms with Gasteiger partial charge < -0.3 is 25.7 Å². The fourth-order valence-electron chi connectivity index (χ4n) is 3.47. The number of aromatic nitrogens is 1. The maximum atomic E-state index is 12.4. The molecule has 8 nitrogen and oxygen atoms in total. The first kappa shape index (κ1) is 22.0. The van der Waals surface area contributed by atoms with E-state index in [1.807, 2.05) is 42.1 Å². The number of nitrogens with zero attached hydrogens (tertiary/aromatic N) is 1. The van der Waals surface area contributed by atoms with Crippen LogP contribution in [0.3, 0.4) is 0 Å². The zero-order valence-corrected chi connectivity index (χ0v) is 17.5. The molecular weight excluding hydrogens is 396 g/mol. The molecule has 0 unspecified atom stereocenters. The maximum absolute atomic E-state index is 12.4. The second-order valence-corrected chi connectivity index (χ2v) is 7.25. The Bertz CT molecular complexity index is 1080. The van der Waals surface area contributed by atoms with Crippen molar-refractivity contribution in [1.29, 1.82) is 0 Å².